The highest BCUT2D eigenvalue weighted by atomic mass is 13.9. The fourth-order valence-electron chi connectivity index (χ4n) is 0.167. The Morgan fingerprint density at radius 2 is 1.45 bits per heavy atom. The van der Waals surface area contributed by atoms with E-state index in [0.29, 0.717) is 11.8 Å². The molecule has 0 heterocycles. The van der Waals surface area contributed by atoms with Gasteiger partial charge in [-0.3, -0.25) is 0 Å². The Bertz CT molecular complexity index is 90.2. The van der Waals surface area contributed by atoms with Crippen LogP contribution in [0.25, 0.3) is 0 Å². The lowest BCUT2D eigenvalue weighted by molar-refractivity contribution is 0.700. The van der Waals surface area contributed by atoms with Gasteiger partial charge in [-0.05, 0) is 11.8 Å². The molecule has 0 rings (SSSR count). The minimum absolute atomic E-state index is 0.648. The lowest BCUT2D eigenvalue weighted by Crippen LogP contribution is -1.80. The second-order valence-corrected chi connectivity index (χ2v) is 3.10. The van der Waals surface area contributed by atoms with Gasteiger partial charge in [-0.1, -0.05) is 46.3 Å². The summed E-state index contributed by atoms with van der Waals surface area (Å²) in [5.41, 5.74) is 0. The molecule has 0 aliphatic rings. The molecule has 0 saturated carbocycles. The van der Waals surface area contributed by atoms with Crippen LogP contribution in [0.1, 0.15) is 34.1 Å². The van der Waals surface area contributed by atoms with Gasteiger partial charge < -0.3 is 0 Å². The van der Waals surface area contributed by atoms with Crippen LogP contribution in [-0.2, 0) is 0 Å². The smallest absolute Gasteiger partial charge is 0.0267 e. The molecule has 0 aromatic heterocycles. The van der Waals surface area contributed by atoms with Gasteiger partial charge >= 0.3 is 0 Å². The minimum atomic E-state index is 0.648. The highest BCUT2D eigenvalue weighted by Crippen LogP contribution is 1.98. The first-order chi connectivity index (χ1) is 5.08. The Morgan fingerprint density at radius 1 is 1.09 bits per heavy atom. The molecule has 0 amide bonds. The summed E-state index contributed by atoms with van der Waals surface area (Å²) in [4.78, 5) is 0. The Labute approximate surface area is 72.0 Å². The average Bonchev–Trinajstić information content (AvgIpc) is 2.04. The van der Waals surface area contributed by atoms with Crippen LogP contribution in [0.4, 0.5) is 0 Å². The third kappa shape index (κ3) is 17.7. The molecule has 0 saturated heterocycles. The van der Waals surface area contributed by atoms with Crippen LogP contribution in [-0.4, -0.2) is 0 Å². The van der Waals surface area contributed by atoms with Crippen LogP contribution < -0.4 is 0 Å². The van der Waals surface area contributed by atoms with Crippen LogP contribution in [0.2, 0.25) is 0 Å². The summed E-state index contributed by atoms with van der Waals surface area (Å²) < 4.78 is 0. The highest BCUT2D eigenvalue weighted by molar-refractivity contribution is 4.72. The lowest BCUT2D eigenvalue weighted by atomic mass is 10.1. The molecule has 0 aromatic rings. The minimum Gasteiger partial charge on any atom is -0.103 e. The van der Waals surface area contributed by atoms with Crippen LogP contribution in [0.15, 0.2) is 25.3 Å². The third-order valence-electron chi connectivity index (χ3n) is 1.52. The molecular weight excluding hydrogens is 132 g/mol. The fraction of sp³-hybridized carbons (Fsp3) is 0.636. The van der Waals surface area contributed by atoms with Crippen molar-refractivity contribution in [3.63, 3.8) is 0 Å². The summed E-state index contributed by atoms with van der Waals surface area (Å²) in [7, 11) is 0. The monoisotopic (exact) mass is 154 g/mol. The van der Waals surface area contributed by atoms with Crippen molar-refractivity contribution in [3.05, 3.63) is 25.3 Å². The quantitative estimate of drug-likeness (QED) is 0.538. The number of hydrogen-bond acceptors (Lipinski definition) is 0. The zero-order chi connectivity index (χ0) is 9.28. The molecule has 0 heteroatoms. The Hall–Kier alpha value is -0.520. The van der Waals surface area contributed by atoms with E-state index in [1.165, 1.54) is 6.42 Å². The van der Waals surface area contributed by atoms with Gasteiger partial charge in [0, 0.05) is 0 Å². The van der Waals surface area contributed by atoms with Crippen LogP contribution in [0, 0.1) is 11.8 Å². The molecule has 0 radical (unpaired) electrons. The largest absolute Gasteiger partial charge is 0.103 e. The number of hydrogen-bond donors (Lipinski definition) is 0. The van der Waals surface area contributed by atoms with Crippen molar-refractivity contribution in [2.45, 2.75) is 34.1 Å². The Morgan fingerprint density at radius 3 is 1.45 bits per heavy atom. The maximum Gasteiger partial charge on any atom is -0.0267 e. The van der Waals surface area contributed by atoms with E-state index in [1.54, 1.807) is 0 Å². The Kier molecular flexibility index (Phi) is 11.3. The summed E-state index contributed by atoms with van der Waals surface area (Å²) in [5.74, 6) is 1.35. The van der Waals surface area contributed by atoms with Gasteiger partial charge in [0.25, 0.3) is 0 Å². The summed E-state index contributed by atoms with van der Waals surface area (Å²) >= 11 is 0. The summed E-state index contributed by atoms with van der Waals surface area (Å²) in [6.45, 7) is 15.7. The molecule has 0 fully saturated rings. The van der Waals surface area contributed by atoms with Gasteiger partial charge in [0.15, 0.2) is 0 Å². The van der Waals surface area contributed by atoms with Crippen molar-refractivity contribution in [2.75, 3.05) is 0 Å². The van der Waals surface area contributed by atoms with E-state index in [2.05, 4.69) is 40.9 Å². The lowest BCUT2D eigenvalue weighted by Gasteiger charge is -1.93. The van der Waals surface area contributed by atoms with Crippen molar-refractivity contribution in [2.24, 2.45) is 11.8 Å². The van der Waals surface area contributed by atoms with E-state index in [1.807, 2.05) is 12.2 Å². The van der Waals surface area contributed by atoms with Crippen LogP contribution in [0.3, 0.4) is 0 Å². The van der Waals surface area contributed by atoms with Gasteiger partial charge in [0.2, 0.25) is 0 Å². The van der Waals surface area contributed by atoms with E-state index in [-0.39, 0.29) is 0 Å². The third-order valence-corrected chi connectivity index (χ3v) is 1.52. The molecule has 0 aliphatic heterocycles. The van der Waals surface area contributed by atoms with Crippen molar-refractivity contribution < 1.29 is 0 Å². The zero-order valence-corrected chi connectivity index (χ0v) is 8.43. The molecule has 11 heavy (non-hydrogen) atoms. The first kappa shape index (κ1) is 13.1. The second-order valence-electron chi connectivity index (χ2n) is 3.10. The topological polar surface area (TPSA) is 0 Å². The standard InChI is InChI=1S/C6H12.C5H10/c1-4-6(3)5-2;1-4-5(2)3/h4,6H,1,5H2,2-3H3;4-5H,1H2,2-3H3. The van der Waals surface area contributed by atoms with Gasteiger partial charge in [0.1, 0.15) is 0 Å². The molecule has 1 unspecified atom stereocenters. The second kappa shape index (κ2) is 9.48. The molecule has 66 valence electrons. The summed E-state index contributed by atoms with van der Waals surface area (Å²) in [5, 5.41) is 0. The Balaban J connectivity index is 0. The van der Waals surface area contributed by atoms with Gasteiger partial charge in [-0.25, -0.2) is 0 Å². The number of rotatable bonds is 3. The zero-order valence-electron chi connectivity index (χ0n) is 8.43. The van der Waals surface area contributed by atoms with Gasteiger partial charge in [-0.15, -0.1) is 13.2 Å². The van der Waals surface area contributed by atoms with Crippen molar-refractivity contribution in [1.82, 2.24) is 0 Å². The van der Waals surface area contributed by atoms with E-state index >= 15 is 0 Å². The predicted octanol–water partition coefficient (Wildman–Crippen LogP) is 4.05. The normalized spacial score (nSPS) is 11.4. The van der Waals surface area contributed by atoms with E-state index in [9.17, 15) is 0 Å². The first-order valence-electron chi connectivity index (χ1n) is 4.33. The van der Waals surface area contributed by atoms with Gasteiger partial charge in [0.05, 0.1) is 0 Å². The first-order valence-corrected chi connectivity index (χ1v) is 4.33. The predicted molar refractivity (Wildman–Crippen MR) is 54.7 cm³/mol. The number of allylic oxidation sites excluding steroid dienone is 2. The SMILES string of the molecule is C=CC(C)C.C=CC(C)CC. The van der Waals surface area contributed by atoms with Crippen molar-refractivity contribution in [3.8, 4) is 0 Å². The van der Waals surface area contributed by atoms with Crippen LogP contribution >= 0.6 is 0 Å². The van der Waals surface area contributed by atoms with Crippen LogP contribution in [0.5, 0.6) is 0 Å². The maximum absolute atomic E-state index is 3.63. The molecular formula is C11H22. The molecule has 0 N–H and O–H groups in total. The van der Waals surface area contributed by atoms with E-state index < -0.39 is 0 Å². The molecule has 0 nitrogen and oxygen atoms in total. The molecule has 0 aliphatic carbocycles. The fourth-order valence-corrected chi connectivity index (χ4v) is 0.167. The highest BCUT2D eigenvalue weighted by Gasteiger charge is 1.84. The molecule has 0 bridgehead atoms. The average molecular weight is 154 g/mol. The summed E-state index contributed by atoms with van der Waals surface area (Å²) in [6, 6.07) is 0. The van der Waals surface area contributed by atoms with Crippen molar-refractivity contribution >= 4 is 0 Å². The summed E-state index contributed by atoms with van der Waals surface area (Å²) in [6.07, 6.45) is 5.10. The molecule has 0 spiro atoms. The van der Waals surface area contributed by atoms with Gasteiger partial charge in [-0.2, -0.15) is 0 Å². The molecule has 0 aromatic carbocycles. The van der Waals surface area contributed by atoms with Crippen molar-refractivity contribution in [1.29, 1.82) is 0 Å². The maximum atomic E-state index is 3.63. The molecule has 1 atom stereocenters. The van der Waals surface area contributed by atoms with E-state index in [4.69, 9.17) is 0 Å². The van der Waals surface area contributed by atoms with E-state index in [0.717, 1.165) is 0 Å².